The molecular formula is C19H21ClN2S. The van der Waals surface area contributed by atoms with Crippen molar-refractivity contribution >= 4 is 34.6 Å². The number of benzene rings is 2. The smallest absolute Gasteiger partial charge is 0.173 e. The number of anilines is 1. The zero-order valence-corrected chi connectivity index (χ0v) is 14.6. The third-order valence-corrected chi connectivity index (χ3v) is 4.91. The van der Waals surface area contributed by atoms with E-state index in [9.17, 15) is 0 Å². The Bertz CT molecular complexity index is 636. The van der Waals surface area contributed by atoms with Crippen molar-refractivity contribution in [3.05, 3.63) is 65.2 Å². The molecule has 0 saturated heterocycles. The molecule has 1 fully saturated rings. The molecule has 0 aromatic heterocycles. The lowest BCUT2D eigenvalue weighted by Crippen LogP contribution is -2.40. The maximum absolute atomic E-state index is 5.99. The first-order valence-electron chi connectivity index (χ1n) is 8.09. The molecule has 4 heteroatoms. The minimum absolute atomic E-state index is 0.523. The topological polar surface area (TPSA) is 15.3 Å². The molecule has 0 bridgehead atoms. The first-order chi connectivity index (χ1) is 11.2. The number of halogens is 1. The van der Waals surface area contributed by atoms with Crippen molar-refractivity contribution in [2.24, 2.45) is 0 Å². The van der Waals surface area contributed by atoms with E-state index >= 15 is 0 Å². The Labute approximate surface area is 148 Å². The summed E-state index contributed by atoms with van der Waals surface area (Å²) < 4.78 is 0. The van der Waals surface area contributed by atoms with Crippen LogP contribution in [0.15, 0.2) is 54.6 Å². The number of thiocarbonyl (C=S) groups is 1. The Morgan fingerprint density at radius 3 is 2.35 bits per heavy atom. The molecule has 1 saturated carbocycles. The first-order valence-corrected chi connectivity index (χ1v) is 8.88. The summed E-state index contributed by atoms with van der Waals surface area (Å²) in [6.45, 7) is 0.820. The third-order valence-electron chi connectivity index (χ3n) is 4.32. The number of hydrogen-bond donors (Lipinski definition) is 1. The summed E-state index contributed by atoms with van der Waals surface area (Å²) in [5, 5.41) is 4.96. The average Bonchev–Trinajstić information content (AvgIpc) is 3.09. The van der Waals surface area contributed by atoms with Crippen LogP contribution in [0.2, 0.25) is 5.02 Å². The Hall–Kier alpha value is -1.58. The van der Waals surface area contributed by atoms with Gasteiger partial charge in [0.1, 0.15) is 0 Å². The van der Waals surface area contributed by atoms with Crippen molar-refractivity contribution < 1.29 is 0 Å². The van der Waals surface area contributed by atoms with Crippen LogP contribution in [0.25, 0.3) is 0 Å². The van der Waals surface area contributed by atoms with E-state index in [0.29, 0.717) is 6.04 Å². The lowest BCUT2D eigenvalue weighted by molar-refractivity contribution is 0.312. The lowest BCUT2D eigenvalue weighted by atomic mass is 10.1. The zero-order valence-electron chi connectivity index (χ0n) is 13.0. The monoisotopic (exact) mass is 344 g/mol. The maximum atomic E-state index is 5.99. The SMILES string of the molecule is S=C(Nc1ccccc1)N(Cc1ccc(Cl)cc1)C1CCCC1. The average molecular weight is 345 g/mol. The van der Waals surface area contributed by atoms with Gasteiger partial charge in [0.15, 0.2) is 5.11 Å². The Kier molecular flexibility index (Phi) is 5.52. The minimum atomic E-state index is 0.523. The summed E-state index contributed by atoms with van der Waals surface area (Å²) in [5.41, 5.74) is 2.27. The highest BCUT2D eigenvalue weighted by Gasteiger charge is 2.24. The van der Waals surface area contributed by atoms with Gasteiger partial charge in [0.05, 0.1) is 0 Å². The van der Waals surface area contributed by atoms with E-state index in [1.165, 1.54) is 31.2 Å². The Balaban J connectivity index is 1.74. The van der Waals surface area contributed by atoms with Crippen molar-refractivity contribution in [3.63, 3.8) is 0 Å². The van der Waals surface area contributed by atoms with Gasteiger partial charge in [-0.1, -0.05) is 54.8 Å². The molecule has 0 aliphatic heterocycles. The van der Waals surface area contributed by atoms with Crippen LogP contribution in [-0.2, 0) is 6.54 Å². The van der Waals surface area contributed by atoms with E-state index in [4.69, 9.17) is 23.8 Å². The summed E-state index contributed by atoms with van der Waals surface area (Å²) in [4.78, 5) is 2.33. The van der Waals surface area contributed by atoms with Crippen molar-refractivity contribution in [1.29, 1.82) is 0 Å². The molecule has 0 spiro atoms. The molecule has 3 rings (SSSR count). The van der Waals surface area contributed by atoms with Gasteiger partial charge in [0.2, 0.25) is 0 Å². The molecule has 0 amide bonds. The van der Waals surface area contributed by atoms with Gasteiger partial charge in [0, 0.05) is 23.3 Å². The predicted molar refractivity (Wildman–Crippen MR) is 102 cm³/mol. The molecule has 0 unspecified atom stereocenters. The van der Waals surface area contributed by atoms with Crippen LogP contribution in [0.1, 0.15) is 31.2 Å². The van der Waals surface area contributed by atoms with Crippen molar-refractivity contribution in [2.45, 2.75) is 38.3 Å². The Morgan fingerprint density at radius 2 is 1.70 bits per heavy atom. The molecule has 1 N–H and O–H groups in total. The highest BCUT2D eigenvalue weighted by Crippen LogP contribution is 2.26. The van der Waals surface area contributed by atoms with E-state index < -0.39 is 0 Å². The summed E-state index contributed by atoms with van der Waals surface area (Å²) in [7, 11) is 0. The van der Waals surface area contributed by atoms with Crippen LogP contribution >= 0.6 is 23.8 Å². The Morgan fingerprint density at radius 1 is 1.04 bits per heavy atom. The quantitative estimate of drug-likeness (QED) is 0.739. The molecule has 2 nitrogen and oxygen atoms in total. The fourth-order valence-electron chi connectivity index (χ4n) is 3.09. The number of para-hydroxylation sites is 1. The lowest BCUT2D eigenvalue weighted by Gasteiger charge is -2.32. The van der Waals surface area contributed by atoms with Crippen LogP contribution in [-0.4, -0.2) is 16.1 Å². The van der Waals surface area contributed by atoms with E-state index in [1.807, 2.05) is 42.5 Å². The molecule has 23 heavy (non-hydrogen) atoms. The fraction of sp³-hybridized carbons (Fsp3) is 0.316. The molecule has 0 atom stereocenters. The van der Waals surface area contributed by atoms with E-state index in [1.54, 1.807) is 0 Å². The van der Waals surface area contributed by atoms with Crippen molar-refractivity contribution in [1.82, 2.24) is 4.90 Å². The van der Waals surface area contributed by atoms with Gasteiger partial charge in [-0.3, -0.25) is 0 Å². The maximum Gasteiger partial charge on any atom is 0.173 e. The minimum Gasteiger partial charge on any atom is -0.342 e. The second-order valence-electron chi connectivity index (χ2n) is 5.99. The first kappa shape index (κ1) is 16.3. The summed E-state index contributed by atoms with van der Waals surface area (Å²) in [6.07, 6.45) is 5.00. The van der Waals surface area contributed by atoms with E-state index in [2.05, 4.69) is 22.3 Å². The molecule has 2 aromatic carbocycles. The second kappa shape index (κ2) is 7.80. The van der Waals surface area contributed by atoms with E-state index in [-0.39, 0.29) is 0 Å². The molecule has 1 aliphatic carbocycles. The van der Waals surface area contributed by atoms with Crippen molar-refractivity contribution in [2.75, 3.05) is 5.32 Å². The normalized spacial score (nSPS) is 14.7. The fourth-order valence-corrected chi connectivity index (χ4v) is 3.54. The van der Waals surface area contributed by atoms with Crippen LogP contribution in [0.5, 0.6) is 0 Å². The van der Waals surface area contributed by atoms with Gasteiger partial charge in [-0.25, -0.2) is 0 Å². The number of nitrogens with zero attached hydrogens (tertiary/aromatic N) is 1. The predicted octanol–water partition coefficient (Wildman–Crippen LogP) is 5.48. The molecule has 120 valence electrons. The molecule has 1 aliphatic rings. The van der Waals surface area contributed by atoms with Crippen LogP contribution in [0, 0.1) is 0 Å². The van der Waals surface area contributed by atoms with Gasteiger partial charge in [0.25, 0.3) is 0 Å². The van der Waals surface area contributed by atoms with Gasteiger partial charge in [-0.05, 0) is 54.9 Å². The van der Waals surface area contributed by atoms with Gasteiger partial charge in [-0.2, -0.15) is 0 Å². The zero-order chi connectivity index (χ0) is 16.1. The number of rotatable bonds is 4. The van der Waals surface area contributed by atoms with Crippen LogP contribution < -0.4 is 5.32 Å². The van der Waals surface area contributed by atoms with Gasteiger partial charge < -0.3 is 10.2 Å². The summed E-state index contributed by atoms with van der Waals surface area (Å²) in [5.74, 6) is 0. The highest BCUT2D eigenvalue weighted by molar-refractivity contribution is 7.80. The standard InChI is InChI=1S/C19H21ClN2S/c20-16-12-10-15(11-13-16)14-22(18-8-4-5-9-18)19(23)21-17-6-2-1-3-7-17/h1-3,6-7,10-13,18H,4-5,8-9,14H2,(H,21,23). The third kappa shape index (κ3) is 4.46. The molecule has 0 heterocycles. The highest BCUT2D eigenvalue weighted by atomic mass is 35.5. The molecule has 2 aromatic rings. The van der Waals surface area contributed by atoms with Gasteiger partial charge in [-0.15, -0.1) is 0 Å². The van der Waals surface area contributed by atoms with Crippen molar-refractivity contribution in [3.8, 4) is 0 Å². The summed E-state index contributed by atoms with van der Waals surface area (Å²) in [6, 6.07) is 18.7. The van der Waals surface area contributed by atoms with E-state index in [0.717, 1.165) is 22.4 Å². The molecular weight excluding hydrogens is 324 g/mol. The van der Waals surface area contributed by atoms with Gasteiger partial charge >= 0.3 is 0 Å². The number of hydrogen-bond acceptors (Lipinski definition) is 1. The number of nitrogens with one attached hydrogen (secondary N) is 1. The van der Waals surface area contributed by atoms with Crippen LogP contribution in [0.4, 0.5) is 5.69 Å². The van der Waals surface area contributed by atoms with Crippen LogP contribution in [0.3, 0.4) is 0 Å². The largest absolute Gasteiger partial charge is 0.342 e. The summed E-state index contributed by atoms with van der Waals surface area (Å²) >= 11 is 11.7. The molecule has 0 radical (unpaired) electrons. The second-order valence-corrected chi connectivity index (χ2v) is 6.81.